The molecule has 0 aromatic carbocycles. The highest BCUT2D eigenvalue weighted by Crippen LogP contribution is 2.17. The SMILES string of the molecule is CC(C)CCN(C)C(=O)c1cc(N)cnc1Cl. The number of aromatic nitrogens is 1. The summed E-state index contributed by atoms with van der Waals surface area (Å²) in [5.74, 6) is 0.412. The molecule has 1 aromatic rings. The lowest BCUT2D eigenvalue weighted by Gasteiger charge is -2.18. The Hall–Kier alpha value is -1.29. The Balaban J connectivity index is 2.78. The third kappa shape index (κ3) is 3.89. The summed E-state index contributed by atoms with van der Waals surface area (Å²) in [5, 5.41) is 0.195. The number of hydrogen-bond donors (Lipinski definition) is 1. The third-order valence-electron chi connectivity index (χ3n) is 2.48. The molecule has 0 aliphatic rings. The quantitative estimate of drug-likeness (QED) is 0.841. The number of hydrogen-bond acceptors (Lipinski definition) is 3. The maximum atomic E-state index is 12.1. The van der Waals surface area contributed by atoms with Crippen LogP contribution >= 0.6 is 11.6 Å². The van der Waals surface area contributed by atoms with Crippen LogP contribution in [-0.4, -0.2) is 29.4 Å². The lowest BCUT2D eigenvalue weighted by atomic mass is 10.1. The van der Waals surface area contributed by atoms with Gasteiger partial charge in [0.15, 0.2) is 0 Å². The molecular formula is C12H18ClN3O. The van der Waals surface area contributed by atoms with Crippen LogP contribution in [0.1, 0.15) is 30.6 Å². The van der Waals surface area contributed by atoms with Crippen molar-refractivity contribution >= 4 is 23.2 Å². The summed E-state index contributed by atoms with van der Waals surface area (Å²) >= 11 is 5.88. The van der Waals surface area contributed by atoms with Gasteiger partial charge in [-0.3, -0.25) is 4.79 Å². The van der Waals surface area contributed by atoms with Crippen LogP contribution in [-0.2, 0) is 0 Å². The minimum Gasteiger partial charge on any atom is -0.397 e. The van der Waals surface area contributed by atoms with Gasteiger partial charge in [-0.15, -0.1) is 0 Å². The Morgan fingerprint density at radius 2 is 2.24 bits per heavy atom. The van der Waals surface area contributed by atoms with Crippen molar-refractivity contribution in [1.82, 2.24) is 9.88 Å². The van der Waals surface area contributed by atoms with E-state index in [1.54, 1.807) is 18.0 Å². The molecule has 5 heteroatoms. The van der Waals surface area contributed by atoms with Crippen LogP contribution in [0.25, 0.3) is 0 Å². The van der Waals surface area contributed by atoms with Crippen LogP contribution < -0.4 is 5.73 Å². The van der Waals surface area contributed by atoms with Crippen molar-refractivity contribution in [3.63, 3.8) is 0 Å². The number of rotatable bonds is 4. The summed E-state index contributed by atoms with van der Waals surface area (Å²) < 4.78 is 0. The molecule has 0 saturated carbocycles. The Bertz CT molecular complexity index is 407. The highest BCUT2D eigenvalue weighted by Gasteiger charge is 2.16. The average molecular weight is 256 g/mol. The molecule has 1 aromatic heterocycles. The number of amides is 1. The Morgan fingerprint density at radius 3 is 2.82 bits per heavy atom. The molecule has 0 bridgehead atoms. The first-order chi connectivity index (χ1) is 7.91. The van der Waals surface area contributed by atoms with E-state index in [1.807, 2.05) is 0 Å². The van der Waals surface area contributed by atoms with E-state index in [0.29, 0.717) is 23.7 Å². The molecule has 1 heterocycles. The maximum absolute atomic E-state index is 12.1. The Morgan fingerprint density at radius 1 is 1.59 bits per heavy atom. The van der Waals surface area contributed by atoms with Gasteiger partial charge in [-0.25, -0.2) is 4.98 Å². The average Bonchev–Trinajstić information content (AvgIpc) is 2.28. The zero-order chi connectivity index (χ0) is 13.0. The number of nitrogen functional groups attached to an aromatic ring is 1. The summed E-state index contributed by atoms with van der Waals surface area (Å²) in [4.78, 5) is 17.6. The summed E-state index contributed by atoms with van der Waals surface area (Å²) in [5.41, 5.74) is 6.39. The van der Waals surface area contributed by atoms with Crippen molar-refractivity contribution in [2.45, 2.75) is 20.3 Å². The van der Waals surface area contributed by atoms with Gasteiger partial charge >= 0.3 is 0 Å². The molecule has 0 fully saturated rings. The zero-order valence-electron chi connectivity index (χ0n) is 10.4. The van der Waals surface area contributed by atoms with Gasteiger partial charge in [-0.2, -0.15) is 0 Å². The highest BCUT2D eigenvalue weighted by molar-refractivity contribution is 6.32. The van der Waals surface area contributed by atoms with Crippen molar-refractivity contribution in [2.24, 2.45) is 5.92 Å². The second-order valence-corrected chi connectivity index (χ2v) is 4.87. The van der Waals surface area contributed by atoms with Crippen molar-refractivity contribution in [3.05, 3.63) is 23.0 Å². The predicted octanol–water partition coefficient (Wildman–Crippen LogP) is 2.44. The van der Waals surface area contributed by atoms with E-state index in [9.17, 15) is 4.79 Å². The van der Waals surface area contributed by atoms with Crippen LogP contribution in [0.5, 0.6) is 0 Å². The second-order valence-electron chi connectivity index (χ2n) is 4.52. The molecule has 0 spiro atoms. The Kier molecular flexibility index (Phi) is 4.75. The summed E-state index contributed by atoms with van der Waals surface area (Å²) in [6.07, 6.45) is 2.39. The summed E-state index contributed by atoms with van der Waals surface area (Å²) in [6.45, 7) is 4.93. The molecule has 0 atom stereocenters. The van der Waals surface area contributed by atoms with Crippen LogP contribution in [0.3, 0.4) is 0 Å². The molecule has 4 nitrogen and oxygen atoms in total. The van der Waals surface area contributed by atoms with E-state index < -0.39 is 0 Å². The van der Waals surface area contributed by atoms with Crippen molar-refractivity contribution in [3.8, 4) is 0 Å². The summed E-state index contributed by atoms with van der Waals surface area (Å²) in [6, 6.07) is 1.56. The van der Waals surface area contributed by atoms with Gasteiger partial charge in [0.2, 0.25) is 0 Å². The Labute approximate surface area is 107 Å². The number of halogens is 1. The smallest absolute Gasteiger partial charge is 0.256 e. The number of nitrogens with two attached hydrogens (primary N) is 1. The molecular weight excluding hydrogens is 238 g/mol. The van der Waals surface area contributed by atoms with Crippen LogP contribution in [0.2, 0.25) is 5.15 Å². The third-order valence-corrected chi connectivity index (χ3v) is 2.78. The molecule has 1 rings (SSSR count). The number of anilines is 1. The molecule has 1 amide bonds. The molecule has 17 heavy (non-hydrogen) atoms. The van der Waals surface area contributed by atoms with Gasteiger partial charge in [0.25, 0.3) is 5.91 Å². The molecule has 0 aliphatic heterocycles. The number of carbonyl (C=O) groups is 1. The monoisotopic (exact) mass is 255 g/mol. The molecule has 0 saturated heterocycles. The van der Waals surface area contributed by atoms with E-state index in [4.69, 9.17) is 17.3 Å². The van der Waals surface area contributed by atoms with Gasteiger partial charge in [0, 0.05) is 13.6 Å². The van der Waals surface area contributed by atoms with Crippen LogP contribution in [0.4, 0.5) is 5.69 Å². The second kappa shape index (κ2) is 5.87. The highest BCUT2D eigenvalue weighted by atomic mass is 35.5. The van der Waals surface area contributed by atoms with Crippen molar-refractivity contribution in [2.75, 3.05) is 19.3 Å². The van der Waals surface area contributed by atoms with Crippen LogP contribution in [0, 0.1) is 5.92 Å². The van der Waals surface area contributed by atoms with E-state index >= 15 is 0 Å². The van der Waals surface area contributed by atoms with Crippen molar-refractivity contribution in [1.29, 1.82) is 0 Å². The molecule has 0 radical (unpaired) electrons. The van der Waals surface area contributed by atoms with Gasteiger partial charge in [0.1, 0.15) is 5.15 Å². The van der Waals surface area contributed by atoms with Gasteiger partial charge in [-0.05, 0) is 18.4 Å². The number of carbonyl (C=O) groups excluding carboxylic acids is 1. The minimum atomic E-state index is -0.143. The molecule has 2 N–H and O–H groups in total. The van der Waals surface area contributed by atoms with Gasteiger partial charge in [0.05, 0.1) is 17.4 Å². The first kappa shape index (κ1) is 13.8. The topological polar surface area (TPSA) is 59.2 Å². The maximum Gasteiger partial charge on any atom is 0.256 e. The fourth-order valence-corrected chi connectivity index (χ4v) is 1.56. The fourth-order valence-electron chi connectivity index (χ4n) is 1.37. The predicted molar refractivity (Wildman–Crippen MR) is 70.1 cm³/mol. The zero-order valence-corrected chi connectivity index (χ0v) is 11.2. The first-order valence-electron chi connectivity index (χ1n) is 5.58. The lowest BCUT2D eigenvalue weighted by Crippen LogP contribution is -2.29. The fraction of sp³-hybridized carbons (Fsp3) is 0.500. The molecule has 0 aliphatic carbocycles. The summed E-state index contributed by atoms with van der Waals surface area (Å²) in [7, 11) is 1.75. The minimum absolute atomic E-state index is 0.143. The van der Waals surface area contributed by atoms with E-state index in [1.165, 1.54) is 6.20 Å². The van der Waals surface area contributed by atoms with Gasteiger partial charge in [-0.1, -0.05) is 25.4 Å². The van der Waals surface area contributed by atoms with Crippen LogP contribution in [0.15, 0.2) is 12.3 Å². The standard InChI is InChI=1S/C12H18ClN3O/c1-8(2)4-5-16(3)12(17)10-6-9(14)7-15-11(10)13/h6-8H,4-5,14H2,1-3H3. The lowest BCUT2D eigenvalue weighted by molar-refractivity contribution is 0.0789. The number of nitrogens with zero attached hydrogens (tertiary/aromatic N) is 2. The first-order valence-corrected chi connectivity index (χ1v) is 5.96. The van der Waals surface area contributed by atoms with Gasteiger partial charge < -0.3 is 10.6 Å². The molecule has 94 valence electrons. The van der Waals surface area contributed by atoms with E-state index in [2.05, 4.69) is 18.8 Å². The molecule has 0 unspecified atom stereocenters. The normalized spacial score (nSPS) is 10.6. The number of pyridine rings is 1. The van der Waals surface area contributed by atoms with E-state index in [-0.39, 0.29) is 11.1 Å². The van der Waals surface area contributed by atoms with Crippen molar-refractivity contribution < 1.29 is 4.79 Å². The van der Waals surface area contributed by atoms with E-state index in [0.717, 1.165) is 6.42 Å². The largest absolute Gasteiger partial charge is 0.397 e.